The summed E-state index contributed by atoms with van der Waals surface area (Å²) >= 11 is 0. The van der Waals surface area contributed by atoms with Crippen molar-refractivity contribution in [3.05, 3.63) is 87.1 Å². The summed E-state index contributed by atoms with van der Waals surface area (Å²) < 4.78 is 0. The van der Waals surface area contributed by atoms with Gasteiger partial charge < -0.3 is 10.2 Å². The first-order valence-electron chi connectivity index (χ1n) is 9.26. The second-order valence-corrected chi connectivity index (χ2v) is 7.17. The van der Waals surface area contributed by atoms with Crippen LogP contribution in [0.15, 0.2) is 65.9 Å². The molecule has 2 aliphatic rings. The topological polar surface area (TPSA) is 95.8 Å². The molecule has 8 heteroatoms. The smallest absolute Gasteiger partial charge is 0.322 e. The second-order valence-electron chi connectivity index (χ2n) is 7.17. The van der Waals surface area contributed by atoms with Gasteiger partial charge in [-0.1, -0.05) is 42.5 Å². The van der Waals surface area contributed by atoms with Gasteiger partial charge in [-0.15, -0.1) is 0 Å². The SMILES string of the molecule is C[C@@H](c1ccccc1)N1CC2=C(C1=O)[C@H](c1cccc([N+](=O)[O-])c1)NC(=O)N2C. The number of carbonyl (C=O) groups excluding carboxylic acids is 2. The van der Waals surface area contributed by atoms with Crippen molar-refractivity contribution in [3.63, 3.8) is 0 Å². The summed E-state index contributed by atoms with van der Waals surface area (Å²) in [4.78, 5) is 39.7. The third-order valence-electron chi connectivity index (χ3n) is 5.55. The molecule has 0 radical (unpaired) electrons. The van der Waals surface area contributed by atoms with Crippen molar-refractivity contribution in [2.75, 3.05) is 13.6 Å². The Balaban J connectivity index is 1.73. The number of rotatable bonds is 4. The number of nitro groups is 1. The number of urea groups is 1. The van der Waals surface area contributed by atoms with Crippen molar-refractivity contribution in [1.29, 1.82) is 0 Å². The van der Waals surface area contributed by atoms with Crippen LogP contribution in [0.3, 0.4) is 0 Å². The van der Waals surface area contributed by atoms with Crippen LogP contribution in [0.4, 0.5) is 10.5 Å². The van der Waals surface area contributed by atoms with Crippen LogP contribution < -0.4 is 5.32 Å². The monoisotopic (exact) mass is 392 g/mol. The number of non-ortho nitro benzene ring substituents is 1. The summed E-state index contributed by atoms with van der Waals surface area (Å²) in [5.41, 5.74) is 2.50. The molecule has 29 heavy (non-hydrogen) atoms. The highest BCUT2D eigenvalue weighted by Crippen LogP contribution is 2.39. The van der Waals surface area contributed by atoms with E-state index in [-0.39, 0.29) is 23.7 Å². The number of hydrogen-bond donors (Lipinski definition) is 1. The highest BCUT2D eigenvalue weighted by Gasteiger charge is 2.44. The molecule has 0 unspecified atom stereocenters. The Morgan fingerprint density at radius 2 is 1.86 bits per heavy atom. The Kier molecular flexibility index (Phi) is 4.54. The number of nitrogens with one attached hydrogen (secondary N) is 1. The lowest BCUT2D eigenvalue weighted by Gasteiger charge is -2.31. The van der Waals surface area contributed by atoms with E-state index in [0.29, 0.717) is 23.4 Å². The average Bonchev–Trinajstić information content (AvgIpc) is 3.08. The number of nitrogens with zero attached hydrogens (tertiary/aromatic N) is 3. The van der Waals surface area contributed by atoms with E-state index in [9.17, 15) is 19.7 Å². The zero-order valence-corrected chi connectivity index (χ0v) is 16.0. The van der Waals surface area contributed by atoms with Crippen molar-refractivity contribution < 1.29 is 14.5 Å². The summed E-state index contributed by atoms with van der Waals surface area (Å²) in [6.45, 7) is 2.25. The summed E-state index contributed by atoms with van der Waals surface area (Å²) in [6.07, 6.45) is 0. The van der Waals surface area contributed by atoms with Gasteiger partial charge in [0.05, 0.1) is 34.8 Å². The third-order valence-corrected chi connectivity index (χ3v) is 5.55. The lowest BCUT2D eigenvalue weighted by atomic mass is 9.95. The zero-order valence-electron chi connectivity index (χ0n) is 16.0. The summed E-state index contributed by atoms with van der Waals surface area (Å²) in [7, 11) is 1.62. The standard InChI is InChI=1S/C21H20N4O4/c1-13(14-7-4-3-5-8-14)24-12-17-18(20(24)26)19(22-21(27)23(17)2)15-9-6-10-16(11-15)25(28)29/h3-11,13,19H,12H2,1-2H3,(H,22,27)/t13-,19-/m0/s1. The molecule has 0 bridgehead atoms. The minimum absolute atomic E-state index is 0.0854. The maximum atomic E-state index is 13.4. The molecule has 1 N–H and O–H groups in total. The van der Waals surface area contributed by atoms with Crippen LogP contribution in [-0.4, -0.2) is 40.3 Å². The van der Waals surface area contributed by atoms with Gasteiger partial charge in [0.2, 0.25) is 0 Å². The van der Waals surface area contributed by atoms with Gasteiger partial charge >= 0.3 is 6.03 Å². The predicted molar refractivity (Wildman–Crippen MR) is 106 cm³/mol. The average molecular weight is 392 g/mol. The highest BCUT2D eigenvalue weighted by atomic mass is 16.6. The normalized spacial score (nSPS) is 19.9. The van der Waals surface area contributed by atoms with Gasteiger partial charge in [0.1, 0.15) is 0 Å². The van der Waals surface area contributed by atoms with Gasteiger partial charge in [-0.25, -0.2) is 4.79 Å². The van der Waals surface area contributed by atoms with Gasteiger partial charge in [0.15, 0.2) is 0 Å². The van der Waals surface area contributed by atoms with Crippen molar-refractivity contribution in [3.8, 4) is 0 Å². The fourth-order valence-corrected chi connectivity index (χ4v) is 3.88. The molecular weight excluding hydrogens is 372 g/mol. The Morgan fingerprint density at radius 1 is 1.14 bits per heavy atom. The van der Waals surface area contributed by atoms with Crippen LogP contribution in [0, 0.1) is 10.1 Å². The lowest BCUT2D eigenvalue weighted by molar-refractivity contribution is -0.384. The fraction of sp³-hybridized carbons (Fsp3) is 0.238. The van der Waals surface area contributed by atoms with E-state index >= 15 is 0 Å². The molecule has 0 saturated heterocycles. The van der Waals surface area contributed by atoms with Crippen molar-refractivity contribution in [2.45, 2.75) is 19.0 Å². The minimum atomic E-state index is -0.728. The number of amides is 3. The van der Waals surface area contributed by atoms with Crippen LogP contribution in [0.1, 0.15) is 30.1 Å². The molecule has 148 valence electrons. The molecule has 0 fully saturated rings. The molecule has 2 aromatic carbocycles. The minimum Gasteiger partial charge on any atom is -0.327 e. The largest absolute Gasteiger partial charge is 0.327 e. The Labute approximate surface area is 167 Å². The summed E-state index contributed by atoms with van der Waals surface area (Å²) in [5, 5.41) is 14.0. The van der Waals surface area contributed by atoms with Crippen molar-refractivity contribution in [2.24, 2.45) is 0 Å². The van der Waals surface area contributed by atoms with E-state index in [4.69, 9.17) is 0 Å². The van der Waals surface area contributed by atoms with Gasteiger partial charge in [0, 0.05) is 19.2 Å². The number of hydrogen-bond acceptors (Lipinski definition) is 4. The maximum Gasteiger partial charge on any atom is 0.322 e. The fourth-order valence-electron chi connectivity index (χ4n) is 3.88. The zero-order chi connectivity index (χ0) is 20.7. The molecule has 3 amide bonds. The van der Waals surface area contributed by atoms with E-state index < -0.39 is 11.0 Å². The van der Waals surface area contributed by atoms with Crippen molar-refractivity contribution >= 4 is 17.6 Å². The molecule has 8 nitrogen and oxygen atoms in total. The second kappa shape index (κ2) is 7.05. The van der Waals surface area contributed by atoms with Crippen molar-refractivity contribution in [1.82, 2.24) is 15.1 Å². The Hall–Kier alpha value is -3.68. The first-order chi connectivity index (χ1) is 13.9. The van der Waals surface area contributed by atoms with E-state index in [1.165, 1.54) is 17.0 Å². The lowest BCUT2D eigenvalue weighted by Crippen LogP contribution is -2.45. The quantitative estimate of drug-likeness (QED) is 0.639. The van der Waals surface area contributed by atoms with Crippen LogP contribution >= 0.6 is 0 Å². The number of nitro benzene ring substituents is 1. The predicted octanol–water partition coefficient (Wildman–Crippen LogP) is 3.15. The number of carbonyl (C=O) groups is 2. The molecule has 0 aromatic heterocycles. The Bertz CT molecular complexity index is 1030. The number of likely N-dealkylation sites (N-methyl/N-ethyl adjacent to an activating group) is 1. The molecule has 0 aliphatic carbocycles. The molecule has 2 heterocycles. The van der Waals surface area contributed by atoms with Crippen LogP contribution in [-0.2, 0) is 4.79 Å². The first-order valence-corrected chi connectivity index (χ1v) is 9.26. The molecule has 0 saturated carbocycles. The van der Waals surface area contributed by atoms with E-state index in [1.54, 1.807) is 24.1 Å². The molecule has 0 spiro atoms. The molecule has 2 atom stereocenters. The summed E-state index contributed by atoms with van der Waals surface area (Å²) in [5.74, 6) is -0.181. The van der Waals surface area contributed by atoms with Crippen LogP contribution in [0.2, 0.25) is 0 Å². The molecule has 2 aliphatic heterocycles. The third kappa shape index (κ3) is 3.12. The van der Waals surface area contributed by atoms with Gasteiger partial charge in [-0.2, -0.15) is 0 Å². The number of benzene rings is 2. The van der Waals surface area contributed by atoms with E-state index in [2.05, 4.69) is 5.32 Å². The van der Waals surface area contributed by atoms with Crippen LogP contribution in [0.5, 0.6) is 0 Å². The van der Waals surface area contributed by atoms with E-state index in [1.807, 2.05) is 37.3 Å². The van der Waals surface area contributed by atoms with Gasteiger partial charge in [-0.3, -0.25) is 19.8 Å². The summed E-state index contributed by atoms with van der Waals surface area (Å²) in [6, 6.07) is 14.5. The van der Waals surface area contributed by atoms with E-state index in [0.717, 1.165) is 5.56 Å². The maximum absolute atomic E-state index is 13.4. The van der Waals surface area contributed by atoms with Gasteiger partial charge in [0.25, 0.3) is 11.6 Å². The van der Waals surface area contributed by atoms with Gasteiger partial charge in [-0.05, 0) is 18.1 Å². The van der Waals surface area contributed by atoms with Crippen LogP contribution in [0.25, 0.3) is 0 Å². The molecule has 2 aromatic rings. The first kappa shape index (κ1) is 18.7. The molecule has 4 rings (SSSR count). The highest BCUT2D eigenvalue weighted by molar-refractivity contribution is 6.01. The Morgan fingerprint density at radius 3 is 2.55 bits per heavy atom. The molecular formula is C21H20N4O4.